The number of hydrogen-bond acceptors (Lipinski definition) is 4. The summed E-state index contributed by atoms with van der Waals surface area (Å²) in [6, 6.07) is 8.00. The largest absolute Gasteiger partial charge is 0.376 e. The number of nitrogens with one attached hydrogen (secondary N) is 1. The zero-order valence-corrected chi connectivity index (χ0v) is 12.3. The molecule has 2 rings (SSSR count). The fourth-order valence-corrected chi connectivity index (χ4v) is 2.49. The van der Waals surface area contributed by atoms with E-state index in [4.69, 9.17) is 16.7 Å². The maximum Gasteiger partial charge on any atom is 0.238 e. The van der Waals surface area contributed by atoms with E-state index in [0.717, 1.165) is 5.56 Å². The first-order chi connectivity index (χ1) is 9.38. The molecule has 1 aromatic heterocycles. The molecule has 7 heteroatoms. The molecule has 0 amide bonds. The van der Waals surface area contributed by atoms with Crippen molar-refractivity contribution in [2.24, 2.45) is 5.14 Å². The molecule has 5 nitrogen and oxygen atoms in total. The zero-order valence-electron chi connectivity index (χ0n) is 10.7. The van der Waals surface area contributed by atoms with E-state index in [9.17, 15) is 8.42 Å². The Morgan fingerprint density at radius 3 is 2.75 bits per heavy atom. The topological polar surface area (TPSA) is 85.1 Å². The molecule has 0 radical (unpaired) electrons. The summed E-state index contributed by atoms with van der Waals surface area (Å²) in [4.78, 5) is 4.07. The number of nitrogens with zero attached hydrogens (tertiary/aromatic N) is 1. The number of sulfonamides is 1. The van der Waals surface area contributed by atoms with Crippen LogP contribution in [0.3, 0.4) is 0 Å². The Morgan fingerprint density at radius 1 is 1.35 bits per heavy atom. The average Bonchev–Trinajstić information content (AvgIpc) is 2.40. The lowest BCUT2D eigenvalue weighted by Gasteiger charge is -2.16. The Hall–Kier alpha value is -1.63. The van der Waals surface area contributed by atoms with Gasteiger partial charge >= 0.3 is 0 Å². The van der Waals surface area contributed by atoms with Gasteiger partial charge in [0.25, 0.3) is 0 Å². The standard InChI is InChI=1S/C13H14ClN3O2S/c1-9(17-13-8-16-6-5-12(13)14)10-3-2-4-11(7-10)20(15,18)19/h2-9,17H,1H3,(H2,15,18,19). The van der Waals surface area contributed by atoms with Gasteiger partial charge in [-0.05, 0) is 30.7 Å². The van der Waals surface area contributed by atoms with Gasteiger partial charge in [-0.15, -0.1) is 0 Å². The van der Waals surface area contributed by atoms with Gasteiger partial charge in [0.2, 0.25) is 10.0 Å². The van der Waals surface area contributed by atoms with Gasteiger partial charge in [0.1, 0.15) is 0 Å². The van der Waals surface area contributed by atoms with Crippen molar-refractivity contribution < 1.29 is 8.42 Å². The van der Waals surface area contributed by atoms with E-state index in [2.05, 4.69) is 10.3 Å². The third-order valence-electron chi connectivity index (χ3n) is 2.83. The molecular weight excluding hydrogens is 298 g/mol. The third kappa shape index (κ3) is 3.47. The predicted molar refractivity (Wildman–Crippen MR) is 79.1 cm³/mol. The normalized spacial score (nSPS) is 12.9. The van der Waals surface area contributed by atoms with Crippen LogP contribution in [0.25, 0.3) is 0 Å². The minimum atomic E-state index is -3.71. The van der Waals surface area contributed by atoms with Crippen LogP contribution in [0.15, 0.2) is 47.6 Å². The Kier molecular flexibility index (Phi) is 4.27. The van der Waals surface area contributed by atoms with Crippen LogP contribution in [0.4, 0.5) is 5.69 Å². The van der Waals surface area contributed by atoms with E-state index in [1.54, 1.807) is 24.5 Å². The number of aromatic nitrogens is 1. The second-order valence-electron chi connectivity index (χ2n) is 4.34. The first-order valence-corrected chi connectivity index (χ1v) is 7.79. The summed E-state index contributed by atoms with van der Waals surface area (Å²) in [7, 11) is -3.71. The molecule has 3 N–H and O–H groups in total. The molecule has 1 unspecified atom stereocenters. The molecule has 0 spiro atoms. The van der Waals surface area contributed by atoms with Gasteiger partial charge in [-0.3, -0.25) is 4.98 Å². The van der Waals surface area contributed by atoms with Crippen LogP contribution in [0.5, 0.6) is 0 Å². The number of anilines is 1. The Morgan fingerprint density at radius 2 is 2.10 bits per heavy atom. The van der Waals surface area contributed by atoms with E-state index in [-0.39, 0.29) is 10.9 Å². The summed E-state index contributed by atoms with van der Waals surface area (Å²) in [6.45, 7) is 1.89. The third-order valence-corrected chi connectivity index (χ3v) is 4.07. The van der Waals surface area contributed by atoms with Gasteiger partial charge in [-0.25, -0.2) is 13.6 Å². The van der Waals surface area contributed by atoms with Crippen LogP contribution < -0.4 is 10.5 Å². The minimum absolute atomic E-state index is 0.0842. The lowest BCUT2D eigenvalue weighted by molar-refractivity contribution is 0.597. The van der Waals surface area contributed by atoms with Crippen molar-refractivity contribution in [3.05, 3.63) is 53.3 Å². The smallest absolute Gasteiger partial charge is 0.238 e. The van der Waals surface area contributed by atoms with E-state index in [1.807, 2.05) is 13.0 Å². The highest BCUT2D eigenvalue weighted by Gasteiger charge is 2.12. The number of hydrogen-bond donors (Lipinski definition) is 2. The van der Waals surface area contributed by atoms with Crippen LogP contribution >= 0.6 is 11.6 Å². The van der Waals surface area contributed by atoms with Gasteiger partial charge in [-0.2, -0.15) is 0 Å². The SMILES string of the molecule is CC(Nc1cnccc1Cl)c1cccc(S(N)(=O)=O)c1. The maximum atomic E-state index is 11.3. The molecule has 2 aromatic rings. The fourth-order valence-electron chi connectivity index (χ4n) is 1.76. The van der Waals surface area contributed by atoms with Crippen molar-refractivity contribution >= 4 is 27.3 Å². The van der Waals surface area contributed by atoms with Crippen molar-refractivity contribution in [3.63, 3.8) is 0 Å². The van der Waals surface area contributed by atoms with Crippen molar-refractivity contribution in [2.75, 3.05) is 5.32 Å². The Balaban J connectivity index is 2.26. The summed E-state index contributed by atoms with van der Waals surface area (Å²) in [5, 5.41) is 8.85. The number of pyridine rings is 1. The molecule has 1 heterocycles. The number of halogens is 1. The average molecular weight is 312 g/mol. The van der Waals surface area contributed by atoms with Crippen LogP contribution in [0.2, 0.25) is 5.02 Å². The van der Waals surface area contributed by atoms with Crippen LogP contribution in [0, 0.1) is 0 Å². The molecule has 0 saturated heterocycles. The second-order valence-corrected chi connectivity index (χ2v) is 6.31. The van der Waals surface area contributed by atoms with Gasteiger partial charge in [0, 0.05) is 12.2 Å². The highest BCUT2D eigenvalue weighted by Crippen LogP contribution is 2.25. The van der Waals surface area contributed by atoms with Gasteiger partial charge in [0.05, 0.1) is 21.8 Å². The number of nitrogens with two attached hydrogens (primary N) is 1. The Labute approximate surface area is 122 Å². The van der Waals surface area contributed by atoms with Crippen LogP contribution in [-0.2, 0) is 10.0 Å². The summed E-state index contributed by atoms with van der Waals surface area (Å²) in [5.41, 5.74) is 1.47. The first-order valence-electron chi connectivity index (χ1n) is 5.87. The van der Waals surface area contributed by atoms with E-state index < -0.39 is 10.0 Å². The maximum absolute atomic E-state index is 11.3. The summed E-state index contributed by atoms with van der Waals surface area (Å²) in [6.07, 6.45) is 3.21. The first kappa shape index (κ1) is 14.8. The molecule has 0 saturated carbocycles. The molecular formula is C13H14ClN3O2S. The molecule has 0 aliphatic carbocycles. The van der Waals surface area contributed by atoms with E-state index >= 15 is 0 Å². The predicted octanol–water partition coefficient (Wildman–Crippen LogP) is 2.56. The lowest BCUT2D eigenvalue weighted by atomic mass is 10.1. The molecule has 0 fully saturated rings. The van der Waals surface area contributed by atoms with Crippen LogP contribution in [-0.4, -0.2) is 13.4 Å². The molecule has 106 valence electrons. The molecule has 20 heavy (non-hydrogen) atoms. The van der Waals surface area contributed by atoms with Gasteiger partial charge in [-0.1, -0.05) is 23.7 Å². The monoisotopic (exact) mass is 311 g/mol. The van der Waals surface area contributed by atoms with Crippen molar-refractivity contribution in [2.45, 2.75) is 17.9 Å². The molecule has 0 aliphatic heterocycles. The number of rotatable bonds is 4. The van der Waals surface area contributed by atoms with Crippen LogP contribution in [0.1, 0.15) is 18.5 Å². The molecule has 0 aliphatic rings. The highest BCUT2D eigenvalue weighted by molar-refractivity contribution is 7.89. The number of primary sulfonamides is 1. The van der Waals surface area contributed by atoms with Crippen molar-refractivity contribution in [1.29, 1.82) is 0 Å². The van der Waals surface area contributed by atoms with E-state index in [0.29, 0.717) is 10.7 Å². The summed E-state index contributed by atoms with van der Waals surface area (Å²) in [5.74, 6) is 0. The molecule has 1 aromatic carbocycles. The fraction of sp³-hybridized carbons (Fsp3) is 0.154. The Bertz CT molecular complexity index is 719. The lowest BCUT2D eigenvalue weighted by Crippen LogP contribution is -2.13. The zero-order chi connectivity index (χ0) is 14.8. The van der Waals surface area contributed by atoms with Crippen molar-refractivity contribution in [1.82, 2.24) is 4.98 Å². The van der Waals surface area contributed by atoms with Gasteiger partial charge < -0.3 is 5.32 Å². The quantitative estimate of drug-likeness (QED) is 0.908. The summed E-state index contributed by atoms with van der Waals surface area (Å²) < 4.78 is 22.7. The molecule has 1 atom stereocenters. The van der Waals surface area contributed by atoms with Gasteiger partial charge in [0.15, 0.2) is 0 Å². The minimum Gasteiger partial charge on any atom is -0.376 e. The number of benzene rings is 1. The highest BCUT2D eigenvalue weighted by atomic mass is 35.5. The van der Waals surface area contributed by atoms with Crippen molar-refractivity contribution in [3.8, 4) is 0 Å². The molecule has 0 bridgehead atoms. The second kappa shape index (κ2) is 5.78. The summed E-state index contributed by atoms with van der Waals surface area (Å²) >= 11 is 6.04. The van der Waals surface area contributed by atoms with E-state index in [1.165, 1.54) is 12.1 Å².